The first-order valence-corrected chi connectivity index (χ1v) is 10.2. The third-order valence-electron chi connectivity index (χ3n) is 5.70. The van der Waals surface area contributed by atoms with E-state index in [1.54, 1.807) is 0 Å². The molecule has 0 atom stereocenters. The number of amides is 1. The molecule has 26 heavy (non-hydrogen) atoms. The van der Waals surface area contributed by atoms with Gasteiger partial charge in [0.2, 0.25) is 5.91 Å². The molecule has 0 saturated carbocycles. The number of ether oxygens (including phenoxy) is 1. The molecular formula is C19H26N4O2S. The van der Waals surface area contributed by atoms with Crippen molar-refractivity contribution in [3.63, 3.8) is 0 Å². The van der Waals surface area contributed by atoms with E-state index in [0.717, 1.165) is 68.6 Å². The fourth-order valence-electron chi connectivity index (χ4n) is 4.15. The van der Waals surface area contributed by atoms with Crippen LogP contribution in [0.15, 0.2) is 18.2 Å². The van der Waals surface area contributed by atoms with E-state index in [2.05, 4.69) is 13.6 Å². The highest BCUT2D eigenvalue weighted by molar-refractivity contribution is 7.00. The zero-order valence-electron chi connectivity index (χ0n) is 15.3. The van der Waals surface area contributed by atoms with Crippen molar-refractivity contribution < 1.29 is 9.53 Å². The molecule has 2 fully saturated rings. The monoisotopic (exact) mass is 374 g/mol. The molecule has 0 aliphatic carbocycles. The van der Waals surface area contributed by atoms with Gasteiger partial charge in [0.1, 0.15) is 11.0 Å². The van der Waals surface area contributed by atoms with Gasteiger partial charge >= 0.3 is 0 Å². The lowest BCUT2D eigenvalue weighted by molar-refractivity contribution is -0.136. The Balaban J connectivity index is 1.31. The molecule has 0 radical (unpaired) electrons. The molecule has 140 valence electrons. The van der Waals surface area contributed by atoms with Gasteiger partial charge in [0, 0.05) is 38.8 Å². The average molecular weight is 375 g/mol. The van der Waals surface area contributed by atoms with E-state index in [9.17, 15) is 4.79 Å². The molecule has 0 spiro atoms. The van der Waals surface area contributed by atoms with Crippen molar-refractivity contribution >= 4 is 28.7 Å². The predicted molar refractivity (Wildman–Crippen MR) is 102 cm³/mol. The largest absolute Gasteiger partial charge is 0.381 e. The highest BCUT2D eigenvalue weighted by Crippen LogP contribution is 2.25. The van der Waals surface area contributed by atoms with Gasteiger partial charge in [0.05, 0.1) is 11.7 Å². The Labute approximate surface area is 158 Å². The van der Waals surface area contributed by atoms with E-state index in [4.69, 9.17) is 4.74 Å². The maximum atomic E-state index is 12.9. The van der Waals surface area contributed by atoms with Crippen molar-refractivity contribution in [3.8, 4) is 0 Å². The van der Waals surface area contributed by atoms with E-state index in [0.29, 0.717) is 12.6 Å². The molecule has 1 aromatic heterocycles. The van der Waals surface area contributed by atoms with E-state index >= 15 is 0 Å². The van der Waals surface area contributed by atoms with Crippen LogP contribution in [0.4, 0.5) is 0 Å². The van der Waals surface area contributed by atoms with Gasteiger partial charge in [-0.3, -0.25) is 4.79 Å². The van der Waals surface area contributed by atoms with E-state index in [1.807, 2.05) is 30.1 Å². The van der Waals surface area contributed by atoms with Crippen molar-refractivity contribution in [2.45, 2.75) is 38.3 Å². The number of benzene rings is 1. The molecule has 6 nitrogen and oxygen atoms in total. The Morgan fingerprint density at radius 1 is 1.19 bits per heavy atom. The molecular weight excluding hydrogens is 348 g/mol. The van der Waals surface area contributed by atoms with Crippen molar-refractivity contribution in [1.29, 1.82) is 0 Å². The lowest BCUT2D eigenvalue weighted by Crippen LogP contribution is -2.46. The normalized spacial score (nSPS) is 20.5. The SMILES string of the molecule is CN(Cc1ccc2nsnc2c1)C(=O)C1CCN(C2CCOCC2)CC1. The lowest BCUT2D eigenvalue weighted by atomic mass is 9.93. The van der Waals surface area contributed by atoms with Gasteiger partial charge in [-0.2, -0.15) is 8.75 Å². The quantitative estimate of drug-likeness (QED) is 0.823. The molecule has 7 heteroatoms. The van der Waals surface area contributed by atoms with Crippen molar-refractivity contribution in [1.82, 2.24) is 18.5 Å². The maximum Gasteiger partial charge on any atom is 0.225 e. The number of likely N-dealkylation sites (tertiary alicyclic amines) is 1. The average Bonchev–Trinajstić information content (AvgIpc) is 3.16. The Morgan fingerprint density at radius 2 is 1.92 bits per heavy atom. The van der Waals surface area contributed by atoms with E-state index in [1.165, 1.54) is 11.7 Å². The van der Waals surface area contributed by atoms with Crippen LogP contribution in [0.5, 0.6) is 0 Å². The van der Waals surface area contributed by atoms with Crippen LogP contribution >= 0.6 is 11.7 Å². The first-order chi connectivity index (χ1) is 12.7. The summed E-state index contributed by atoms with van der Waals surface area (Å²) in [5, 5.41) is 0. The van der Waals surface area contributed by atoms with Crippen LogP contribution in [0.2, 0.25) is 0 Å². The van der Waals surface area contributed by atoms with Crippen molar-refractivity contribution in [2.75, 3.05) is 33.4 Å². The fraction of sp³-hybridized carbons (Fsp3) is 0.632. The first kappa shape index (κ1) is 17.8. The van der Waals surface area contributed by atoms with Gasteiger partial charge in [0.25, 0.3) is 0 Å². The molecule has 3 heterocycles. The van der Waals surface area contributed by atoms with Crippen LogP contribution in [0.1, 0.15) is 31.2 Å². The minimum Gasteiger partial charge on any atom is -0.381 e. The third kappa shape index (κ3) is 3.89. The molecule has 2 saturated heterocycles. The summed E-state index contributed by atoms with van der Waals surface area (Å²) in [6.07, 6.45) is 4.20. The van der Waals surface area contributed by atoms with E-state index < -0.39 is 0 Å². The van der Waals surface area contributed by atoms with Crippen molar-refractivity contribution in [3.05, 3.63) is 23.8 Å². The number of hydrogen-bond acceptors (Lipinski definition) is 6. The van der Waals surface area contributed by atoms with Crippen LogP contribution in [-0.2, 0) is 16.1 Å². The fourth-order valence-corrected chi connectivity index (χ4v) is 4.67. The molecule has 2 aliphatic rings. The summed E-state index contributed by atoms with van der Waals surface area (Å²) in [6, 6.07) is 6.72. The first-order valence-electron chi connectivity index (χ1n) is 9.48. The molecule has 2 aliphatic heterocycles. The Bertz CT molecular complexity index is 751. The van der Waals surface area contributed by atoms with E-state index in [-0.39, 0.29) is 11.8 Å². The van der Waals surface area contributed by atoms with Gasteiger partial charge in [-0.15, -0.1) is 0 Å². The standard InChI is InChI=1S/C19H26N4O2S/c1-22(13-14-2-3-17-18(12-14)21-26-20-17)19(24)15-4-8-23(9-5-15)16-6-10-25-11-7-16/h2-3,12,15-16H,4-11,13H2,1H3. The number of nitrogens with zero attached hydrogens (tertiary/aromatic N) is 4. The third-order valence-corrected chi connectivity index (χ3v) is 6.26. The molecule has 0 unspecified atom stereocenters. The van der Waals surface area contributed by atoms with Gasteiger partial charge < -0.3 is 14.5 Å². The lowest BCUT2D eigenvalue weighted by Gasteiger charge is -2.39. The minimum absolute atomic E-state index is 0.153. The number of carbonyl (C=O) groups excluding carboxylic acids is 1. The number of rotatable bonds is 4. The summed E-state index contributed by atoms with van der Waals surface area (Å²) in [7, 11) is 1.91. The van der Waals surface area contributed by atoms with Crippen LogP contribution in [-0.4, -0.2) is 63.8 Å². The Morgan fingerprint density at radius 3 is 2.69 bits per heavy atom. The highest BCUT2D eigenvalue weighted by atomic mass is 32.1. The van der Waals surface area contributed by atoms with Crippen LogP contribution < -0.4 is 0 Å². The molecule has 0 N–H and O–H groups in total. The second-order valence-electron chi connectivity index (χ2n) is 7.44. The minimum atomic E-state index is 0.153. The summed E-state index contributed by atoms with van der Waals surface area (Å²) >= 11 is 1.23. The molecule has 4 rings (SSSR count). The maximum absolute atomic E-state index is 12.9. The van der Waals surface area contributed by atoms with Gasteiger partial charge in [0.15, 0.2) is 0 Å². The highest BCUT2D eigenvalue weighted by Gasteiger charge is 2.30. The Hall–Kier alpha value is -1.57. The Kier molecular flexibility index (Phi) is 5.47. The molecule has 1 aromatic carbocycles. The summed E-state index contributed by atoms with van der Waals surface area (Å²) in [5.74, 6) is 0.425. The topological polar surface area (TPSA) is 58.6 Å². The second-order valence-corrected chi connectivity index (χ2v) is 7.96. The van der Waals surface area contributed by atoms with Gasteiger partial charge in [-0.25, -0.2) is 0 Å². The number of fused-ring (bicyclic) bond motifs is 1. The van der Waals surface area contributed by atoms with Crippen molar-refractivity contribution in [2.24, 2.45) is 5.92 Å². The predicted octanol–water partition coefficient (Wildman–Crippen LogP) is 2.54. The molecule has 0 bridgehead atoms. The summed E-state index contributed by atoms with van der Waals surface area (Å²) in [5.41, 5.74) is 2.95. The number of carbonyl (C=O) groups is 1. The summed E-state index contributed by atoms with van der Waals surface area (Å²) in [4.78, 5) is 17.3. The second kappa shape index (κ2) is 7.98. The van der Waals surface area contributed by atoms with Gasteiger partial charge in [-0.1, -0.05) is 6.07 Å². The zero-order chi connectivity index (χ0) is 17.9. The number of aromatic nitrogens is 2. The summed E-state index contributed by atoms with van der Waals surface area (Å²) in [6.45, 7) is 4.46. The van der Waals surface area contributed by atoms with Crippen LogP contribution in [0.25, 0.3) is 11.0 Å². The molecule has 2 aromatic rings. The smallest absolute Gasteiger partial charge is 0.225 e. The number of piperidine rings is 1. The van der Waals surface area contributed by atoms with Crippen LogP contribution in [0, 0.1) is 5.92 Å². The summed E-state index contributed by atoms with van der Waals surface area (Å²) < 4.78 is 14.0. The molecule has 1 amide bonds. The zero-order valence-corrected chi connectivity index (χ0v) is 16.1. The van der Waals surface area contributed by atoms with Crippen LogP contribution in [0.3, 0.4) is 0 Å². The van der Waals surface area contributed by atoms with Gasteiger partial charge in [-0.05, 0) is 56.5 Å². The number of hydrogen-bond donors (Lipinski definition) is 0.